The molecule has 0 fully saturated rings. The summed E-state index contributed by atoms with van der Waals surface area (Å²) < 4.78 is 6.96. The van der Waals surface area contributed by atoms with E-state index in [1.807, 2.05) is 106 Å². The van der Waals surface area contributed by atoms with Gasteiger partial charge in [0.15, 0.2) is 0 Å². The highest BCUT2D eigenvalue weighted by Gasteiger charge is 2.18. The molecule has 6 N–H and O–H groups in total. The highest BCUT2D eigenvalue weighted by molar-refractivity contribution is 5.82. The van der Waals surface area contributed by atoms with Crippen LogP contribution >= 0.6 is 0 Å². The van der Waals surface area contributed by atoms with Crippen LogP contribution in [-0.4, -0.2) is 130 Å². The number of H-pyrrole nitrogens is 6. The zero-order chi connectivity index (χ0) is 65.7. The SMILES string of the molecule is CC(C)N1CC=CCC1=O.CC(C)N1N=CCCC1=O.CC(C)n1c(=O)[nH]c(=O)[nH]c1=O.CC(C)n1c(=O)[nH]c(=O)[nH]c1=O.CC(C)n1c(=O)cn[nH]c1=O.CC(C)n1ncc(=O)[nH]c1=O.CC(C)n1ncccc1=O.CC(C)n1nccnc1=O. The second-order valence-corrected chi connectivity index (χ2v) is 20.4. The number of nitrogens with zero attached hydrogens (tertiary/aromatic N) is 14. The molecule has 8 rings (SSSR count). The van der Waals surface area contributed by atoms with Crippen molar-refractivity contribution in [3.05, 3.63) is 181 Å². The minimum absolute atomic E-state index is 0.0284. The Morgan fingerprint density at radius 2 is 0.942 bits per heavy atom. The molecule has 0 saturated carbocycles. The quantitative estimate of drug-likeness (QED) is 0.108. The molecule has 0 unspecified atom stereocenters. The van der Waals surface area contributed by atoms with E-state index < -0.39 is 51.1 Å². The van der Waals surface area contributed by atoms with Crippen molar-refractivity contribution in [1.29, 1.82) is 0 Å². The van der Waals surface area contributed by atoms with E-state index in [0.717, 1.165) is 39.1 Å². The average molecular weight is 1210 g/mol. The van der Waals surface area contributed by atoms with E-state index in [-0.39, 0.29) is 70.9 Å². The van der Waals surface area contributed by atoms with Gasteiger partial charge in [-0.25, -0.2) is 76.4 Å². The number of nitrogens with one attached hydrogen (secondary N) is 6. The average Bonchev–Trinajstić information content (AvgIpc) is 3.27. The van der Waals surface area contributed by atoms with E-state index in [9.17, 15) is 67.1 Å². The Kier molecular flexibility index (Phi) is 31.5. The first-order valence-corrected chi connectivity index (χ1v) is 27.1. The molecule has 2 aliphatic heterocycles. The van der Waals surface area contributed by atoms with Crippen molar-refractivity contribution in [3.8, 4) is 0 Å². The minimum Gasteiger partial charge on any atom is -0.336 e. The third-order valence-electron chi connectivity index (χ3n) is 10.8. The van der Waals surface area contributed by atoms with Crippen LogP contribution in [0.4, 0.5) is 0 Å². The lowest BCUT2D eigenvalue weighted by atomic mass is 10.2. The summed E-state index contributed by atoms with van der Waals surface area (Å²) in [6, 6.07) is 3.23. The van der Waals surface area contributed by atoms with Crippen LogP contribution in [-0.2, 0) is 9.59 Å². The standard InChI is InChI=1S/C8H13NO.C7H12N2O.C7H10N2O.2C6H9N3O3.2C6H9N3O2.C6H9N3O/c1-7(2)9-6-4-3-5-8(9)10;2*1-6(2)9-7(10)4-3-5-8-9;2*1-3(2)9-5(11)7-4(10)8-6(9)12;1-4(2)9-5(10)3-7-8-6(9)11;1-4(2)9-6(11)8-5(10)3-7-9;1-5(2)9-6(10)7-3-4-8-9/h3-4,7H,5-6H2,1-2H3;5-6H,3-4H2,1-2H3;3-6H,1-2H3;2*3H,1-2H3,(H2,7,8,10,11,12);3-4H,1-2H3,(H,8,11);3-4H,1-2H3,(H,8,10,11);3-5H,1-2H3. The lowest BCUT2D eigenvalue weighted by Crippen LogP contribution is -2.43. The molecule has 0 bridgehead atoms. The molecular weight excluding hydrogens is 1130 g/mol. The van der Waals surface area contributed by atoms with Gasteiger partial charge in [-0.2, -0.15) is 30.5 Å². The summed E-state index contributed by atoms with van der Waals surface area (Å²) in [4.78, 5) is 168. The van der Waals surface area contributed by atoms with E-state index in [4.69, 9.17) is 0 Å². The molecule has 34 nitrogen and oxygen atoms in total. The molecule has 0 spiro atoms. The van der Waals surface area contributed by atoms with Crippen LogP contribution < -0.4 is 67.9 Å². The molecule has 8 heterocycles. The summed E-state index contributed by atoms with van der Waals surface area (Å²) in [6.45, 7) is 30.3. The maximum atomic E-state index is 11.1. The van der Waals surface area contributed by atoms with E-state index in [0.29, 0.717) is 18.9 Å². The fourth-order valence-corrected chi connectivity index (χ4v) is 6.83. The molecule has 2 amide bonds. The Labute approximate surface area is 490 Å². The van der Waals surface area contributed by atoms with E-state index >= 15 is 0 Å². The molecule has 2 aliphatic rings. The topological polar surface area (TPSA) is 447 Å². The van der Waals surface area contributed by atoms with E-state index in [1.54, 1.807) is 60.0 Å². The predicted molar refractivity (Wildman–Crippen MR) is 320 cm³/mol. The summed E-state index contributed by atoms with van der Waals surface area (Å²) in [5.74, 6) is 0.384. The van der Waals surface area contributed by atoms with Crippen LogP contribution in [0.1, 0.15) is 166 Å². The Balaban J connectivity index is 0.000000492. The Morgan fingerprint density at radius 3 is 1.28 bits per heavy atom. The molecule has 86 heavy (non-hydrogen) atoms. The maximum Gasteiger partial charge on any atom is 0.364 e. The van der Waals surface area contributed by atoms with Crippen molar-refractivity contribution in [1.82, 2.24) is 93.1 Å². The van der Waals surface area contributed by atoms with Gasteiger partial charge in [0, 0.05) is 68.1 Å². The van der Waals surface area contributed by atoms with Crippen LogP contribution in [0.15, 0.2) is 118 Å². The van der Waals surface area contributed by atoms with Crippen molar-refractivity contribution in [2.24, 2.45) is 5.10 Å². The van der Waals surface area contributed by atoms with E-state index in [1.165, 1.54) is 37.5 Å². The Bertz CT molecular complexity index is 3670. The summed E-state index contributed by atoms with van der Waals surface area (Å²) in [6.07, 6.45) is 14.4. The molecule has 0 aromatic carbocycles. The minimum atomic E-state index is -0.776. The van der Waals surface area contributed by atoms with Gasteiger partial charge >= 0.3 is 51.2 Å². The lowest BCUT2D eigenvalue weighted by molar-refractivity contribution is -0.133. The first-order chi connectivity index (χ1) is 40.1. The van der Waals surface area contributed by atoms with Gasteiger partial charge in [0.05, 0.1) is 30.5 Å². The fourth-order valence-electron chi connectivity index (χ4n) is 6.83. The Hall–Kier alpha value is -9.92. The number of rotatable bonds is 8. The number of aromatic nitrogens is 17. The number of hydrogen-bond acceptors (Lipinski definition) is 20. The largest absolute Gasteiger partial charge is 0.364 e. The number of hydrazone groups is 1. The van der Waals surface area contributed by atoms with Gasteiger partial charge in [-0.15, -0.1) is 0 Å². The summed E-state index contributed by atoms with van der Waals surface area (Å²) in [5.41, 5.74) is -6.38. The van der Waals surface area contributed by atoms with Crippen molar-refractivity contribution in [2.45, 2.75) is 178 Å². The van der Waals surface area contributed by atoms with Crippen LogP contribution in [0.25, 0.3) is 0 Å². The first-order valence-electron chi connectivity index (χ1n) is 27.1. The zero-order valence-electron chi connectivity index (χ0n) is 51.2. The van der Waals surface area contributed by atoms with Gasteiger partial charge in [0.2, 0.25) is 11.8 Å². The molecule has 6 aromatic heterocycles. The fraction of sp³-hybridized carbons (Fsp3) is 0.538. The predicted octanol–water partition coefficient (Wildman–Crippen LogP) is -0.134. The third-order valence-corrected chi connectivity index (χ3v) is 10.8. The third kappa shape index (κ3) is 25.3. The number of carbonyl (C=O) groups excluding carboxylic acids is 2. The zero-order valence-corrected chi connectivity index (χ0v) is 51.2. The van der Waals surface area contributed by atoms with Crippen molar-refractivity contribution in [2.75, 3.05) is 6.54 Å². The molecule has 472 valence electrons. The van der Waals surface area contributed by atoms with Crippen LogP contribution in [0, 0.1) is 0 Å². The van der Waals surface area contributed by atoms with E-state index in [2.05, 4.69) is 40.6 Å². The van der Waals surface area contributed by atoms with Crippen molar-refractivity contribution < 1.29 is 9.59 Å². The smallest absolute Gasteiger partial charge is 0.336 e. The molecule has 0 aliphatic carbocycles. The van der Waals surface area contributed by atoms with Gasteiger partial charge in [0.25, 0.3) is 16.7 Å². The normalized spacial score (nSPS) is 12.4. The van der Waals surface area contributed by atoms with Crippen molar-refractivity contribution in [3.63, 3.8) is 0 Å². The van der Waals surface area contributed by atoms with Crippen LogP contribution in [0.3, 0.4) is 0 Å². The summed E-state index contributed by atoms with van der Waals surface area (Å²) in [7, 11) is 0. The van der Waals surface area contributed by atoms with Gasteiger partial charge in [-0.05, 0) is 123 Å². The summed E-state index contributed by atoms with van der Waals surface area (Å²) >= 11 is 0. The van der Waals surface area contributed by atoms with Crippen LogP contribution in [0.5, 0.6) is 0 Å². The lowest BCUT2D eigenvalue weighted by Gasteiger charge is -2.27. The number of hydrogen-bond donors (Lipinski definition) is 6. The highest BCUT2D eigenvalue weighted by atomic mass is 16.2. The molecule has 6 aromatic rings. The molecular formula is C52H80N20O14. The number of amides is 2. The second-order valence-electron chi connectivity index (χ2n) is 20.4. The monoisotopic (exact) mass is 1210 g/mol. The summed E-state index contributed by atoms with van der Waals surface area (Å²) in [5, 5.41) is 22.4. The second kappa shape index (κ2) is 36.6. The van der Waals surface area contributed by atoms with Crippen LogP contribution in [0.2, 0.25) is 0 Å². The van der Waals surface area contributed by atoms with Gasteiger partial charge < -0.3 is 4.90 Å². The molecule has 34 heteroatoms. The number of carbonyl (C=O) groups is 2. The van der Waals surface area contributed by atoms with Gasteiger partial charge in [-0.3, -0.25) is 53.5 Å². The van der Waals surface area contributed by atoms with Gasteiger partial charge in [0.1, 0.15) is 12.4 Å². The molecule has 0 radical (unpaired) electrons. The number of aromatic amines is 6. The van der Waals surface area contributed by atoms with Gasteiger partial charge in [-0.1, -0.05) is 12.2 Å². The molecule has 0 saturated heterocycles. The highest BCUT2D eigenvalue weighted by Crippen LogP contribution is 2.08. The molecule has 0 atom stereocenters. The van der Waals surface area contributed by atoms with Crippen molar-refractivity contribution >= 4 is 18.0 Å². The maximum absolute atomic E-state index is 11.1. The first kappa shape index (κ1) is 74.1. The Morgan fingerprint density at radius 1 is 0.442 bits per heavy atom.